The van der Waals surface area contributed by atoms with Crippen LogP contribution in [-0.4, -0.2) is 43.9 Å². The van der Waals surface area contributed by atoms with Gasteiger partial charge in [0, 0.05) is 23.6 Å². The summed E-state index contributed by atoms with van der Waals surface area (Å²) < 4.78 is 29.3. The third kappa shape index (κ3) is 6.24. The molecule has 0 unspecified atom stereocenters. The highest BCUT2D eigenvalue weighted by molar-refractivity contribution is 7.91. The van der Waals surface area contributed by atoms with E-state index in [-0.39, 0.29) is 29.6 Å². The van der Waals surface area contributed by atoms with Crippen molar-refractivity contribution in [2.24, 2.45) is 0 Å². The Morgan fingerprint density at radius 1 is 1.16 bits per heavy atom. The van der Waals surface area contributed by atoms with Crippen molar-refractivity contribution in [2.75, 3.05) is 24.8 Å². The van der Waals surface area contributed by atoms with Gasteiger partial charge in [0.25, 0.3) is 0 Å². The number of aromatic nitrogens is 1. The highest BCUT2D eigenvalue weighted by Gasteiger charge is 2.13. The second-order valence-corrected chi connectivity index (χ2v) is 9.52. The third-order valence-corrected chi connectivity index (χ3v) is 6.93. The molecule has 3 aromatic rings. The molecule has 0 saturated heterocycles. The molecule has 0 spiro atoms. The smallest absolute Gasteiger partial charge is 0.250 e. The lowest BCUT2D eigenvalue weighted by Gasteiger charge is -2.03. The SMILES string of the molecule is COc1ccc(-c2csc(NC(=O)/C=C\c3ccc(S(=O)(=O)CCCO)cc3)n2)cc1. The number of aliphatic hydroxyl groups is 1. The van der Waals surface area contributed by atoms with E-state index in [4.69, 9.17) is 9.84 Å². The molecule has 3 rings (SSSR count). The first kappa shape index (κ1) is 22.7. The number of amides is 1. The third-order valence-electron chi connectivity index (χ3n) is 4.36. The van der Waals surface area contributed by atoms with Gasteiger partial charge in [-0.15, -0.1) is 11.3 Å². The quantitative estimate of drug-likeness (QED) is 0.475. The monoisotopic (exact) mass is 458 g/mol. The van der Waals surface area contributed by atoms with Crippen molar-refractivity contribution in [1.82, 2.24) is 4.98 Å². The van der Waals surface area contributed by atoms with E-state index < -0.39 is 9.84 Å². The van der Waals surface area contributed by atoms with E-state index in [1.165, 1.54) is 29.5 Å². The number of nitrogens with one attached hydrogen (secondary N) is 1. The Morgan fingerprint density at radius 3 is 2.52 bits per heavy atom. The minimum Gasteiger partial charge on any atom is -0.497 e. The molecule has 31 heavy (non-hydrogen) atoms. The largest absolute Gasteiger partial charge is 0.497 e. The van der Waals surface area contributed by atoms with Crippen LogP contribution in [0.1, 0.15) is 12.0 Å². The van der Waals surface area contributed by atoms with E-state index >= 15 is 0 Å². The Morgan fingerprint density at radius 2 is 1.87 bits per heavy atom. The van der Waals surface area contributed by atoms with Crippen molar-refractivity contribution in [1.29, 1.82) is 0 Å². The predicted molar refractivity (Wildman–Crippen MR) is 122 cm³/mol. The van der Waals surface area contributed by atoms with Crippen molar-refractivity contribution in [3.05, 3.63) is 65.6 Å². The van der Waals surface area contributed by atoms with Gasteiger partial charge >= 0.3 is 0 Å². The Hall–Kier alpha value is -3.01. The fourth-order valence-corrected chi connectivity index (χ4v) is 4.72. The zero-order valence-electron chi connectivity index (χ0n) is 16.8. The lowest BCUT2D eigenvalue weighted by molar-refractivity contribution is -0.111. The van der Waals surface area contributed by atoms with Crippen LogP contribution in [0, 0.1) is 0 Å². The maximum atomic E-state index is 12.2. The van der Waals surface area contributed by atoms with Crippen molar-refractivity contribution >= 4 is 38.3 Å². The fraction of sp³-hybridized carbons (Fsp3) is 0.182. The average Bonchev–Trinajstić information content (AvgIpc) is 3.25. The van der Waals surface area contributed by atoms with Crippen LogP contribution in [0.15, 0.2) is 64.9 Å². The first-order valence-electron chi connectivity index (χ1n) is 9.44. The molecule has 0 aliphatic heterocycles. The van der Waals surface area contributed by atoms with Crippen LogP contribution in [0.3, 0.4) is 0 Å². The number of aliphatic hydroxyl groups excluding tert-OH is 1. The summed E-state index contributed by atoms with van der Waals surface area (Å²) >= 11 is 1.32. The van der Waals surface area contributed by atoms with E-state index in [2.05, 4.69) is 10.3 Å². The molecule has 0 bridgehead atoms. The maximum Gasteiger partial charge on any atom is 0.250 e. The topological polar surface area (TPSA) is 106 Å². The molecular formula is C22H22N2O5S2. The highest BCUT2D eigenvalue weighted by atomic mass is 32.2. The van der Waals surface area contributed by atoms with Gasteiger partial charge in [-0.05, 0) is 54.5 Å². The standard InChI is InChI=1S/C22H22N2O5S2/c1-29-18-8-6-17(7-9-18)20-15-30-22(23-20)24-21(26)12-5-16-3-10-19(11-4-16)31(27,28)14-2-13-25/h3-12,15,25H,2,13-14H2,1H3,(H,23,24,26)/b12-5-. The van der Waals surface area contributed by atoms with Gasteiger partial charge in [0.1, 0.15) is 5.75 Å². The summed E-state index contributed by atoms with van der Waals surface area (Å²) in [6.45, 7) is -0.171. The molecule has 1 heterocycles. The number of hydrogen-bond donors (Lipinski definition) is 2. The first-order chi connectivity index (χ1) is 14.9. The number of nitrogens with zero attached hydrogens (tertiary/aromatic N) is 1. The Labute approximate surface area is 185 Å². The molecular weight excluding hydrogens is 436 g/mol. The molecule has 0 radical (unpaired) electrons. The first-order valence-corrected chi connectivity index (χ1v) is 12.0. The minimum atomic E-state index is -3.41. The van der Waals surface area contributed by atoms with E-state index in [0.717, 1.165) is 17.0 Å². The minimum absolute atomic E-state index is 0.104. The molecule has 9 heteroatoms. The van der Waals surface area contributed by atoms with Gasteiger partial charge in [-0.3, -0.25) is 10.1 Å². The highest BCUT2D eigenvalue weighted by Crippen LogP contribution is 2.26. The Balaban J connectivity index is 1.60. The van der Waals surface area contributed by atoms with Gasteiger partial charge in [0.05, 0.1) is 23.5 Å². The average molecular weight is 459 g/mol. The molecule has 1 amide bonds. The summed E-state index contributed by atoms with van der Waals surface area (Å²) in [4.78, 5) is 16.8. The number of sulfone groups is 1. The van der Waals surface area contributed by atoms with Gasteiger partial charge in [-0.2, -0.15) is 0 Å². The molecule has 0 aliphatic rings. The van der Waals surface area contributed by atoms with Crippen molar-refractivity contribution in [3.63, 3.8) is 0 Å². The summed E-state index contributed by atoms with van der Waals surface area (Å²) in [5.74, 6) is 0.316. The second kappa shape index (κ2) is 10.3. The van der Waals surface area contributed by atoms with Crippen LogP contribution in [0.4, 0.5) is 5.13 Å². The van der Waals surface area contributed by atoms with Gasteiger partial charge < -0.3 is 9.84 Å². The normalized spacial score (nSPS) is 11.5. The number of carbonyl (C=O) groups excluding carboxylic acids is 1. The van der Waals surface area contributed by atoms with Crippen LogP contribution in [0.5, 0.6) is 5.75 Å². The van der Waals surface area contributed by atoms with Crippen molar-refractivity contribution < 1.29 is 23.1 Å². The summed E-state index contributed by atoms with van der Waals surface area (Å²) in [6, 6.07) is 13.7. The molecule has 7 nitrogen and oxygen atoms in total. The zero-order valence-corrected chi connectivity index (χ0v) is 18.4. The van der Waals surface area contributed by atoms with Gasteiger partial charge in [-0.1, -0.05) is 12.1 Å². The molecule has 1 aromatic heterocycles. The van der Waals surface area contributed by atoms with Crippen molar-refractivity contribution in [3.8, 4) is 17.0 Å². The molecule has 0 aliphatic carbocycles. The number of hydrogen-bond acceptors (Lipinski definition) is 7. The zero-order chi connectivity index (χ0) is 22.3. The lowest BCUT2D eigenvalue weighted by atomic mass is 10.2. The number of carbonyl (C=O) groups is 1. The molecule has 0 saturated carbocycles. The summed E-state index contributed by atoms with van der Waals surface area (Å²) in [7, 11) is -1.81. The lowest BCUT2D eigenvalue weighted by Crippen LogP contribution is -2.08. The van der Waals surface area contributed by atoms with Crippen LogP contribution in [0.25, 0.3) is 17.3 Å². The number of benzene rings is 2. The second-order valence-electron chi connectivity index (χ2n) is 6.55. The number of anilines is 1. The summed E-state index contributed by atoms with van der Waals surface area (Å²) in [5, 5.41) is 13.9. The predicted octanol–water partition coefficient (Wildman–Crippen LogP) is 3.63. The number of rotatable bonds is 9. The van der Waals surface area contributed by atoms with Crippen molar-refractivity contribution in [2.45, 2.75) is 11.3 Å². The summed E-state index contributed by atoms with van der Waals surface area (Å²) in [6.07, 6.45) is 3.16. The number of methoxy groups -OCH3 is 1. The Kier molecular flexibility index (Phi) is 7.56. The Bertz CT molecular complexity index is 1150. The summed E-state index contributed by atoms with van der Waals surface area (Å²) in [5.41, 5.74) is 2.36. The fourth-order valence-electron chi connectivity index (χ4n) is 2.70. The molecule has 2 N–H and O–H groups in total. The van der Waals surface area contributed by atoms with Crippen LogP contribution in [0.2, 0.25) is 0 Å². The van der Waals surface area contributed by atoms with Crippen LogP contribution < -0.4 is 10.1 Å². The van der Waals surface area contributed by atoms with E-state index in [1.54, 1.807) is 25.3 Å². The number of thiazole rings is 1. The van der Waals surface area contributed by atoms with Gasteiger partial charge in [0.2, 0.25) is 5.91 Å². The van der Waals surface area contributed by atoms with Gasteiger partial charge in [0.15, 0.2) is 15.0 Å². The van der Waals surface area contributed by atoms with E-state index in [0.29, 0.717) is 10.7 Å². The molecule has 162 valence electrons. The molecule has 2 aromatic carbocycles. The van der Waals surface area contributed by atoms with Crippen LogP contribution >= 0.6 is 11.3 Å². The van der Waals surface area contributed by atoms with Gasteiger partial charge in [-0.25, -0.2) is 13.4 Å². The van der Waals surface area contributed by atoms with E-state index in [1.807, 2.05) is 29.6 Å². The number of ether oxygens (including phenoxy) is 1. The molecule has 0 atom stereocenters. The van der Waals surface area contributed by atoms with Crippen LogP contribution in [-0.2, 0) is 14.6 Å². The maximum absolute atomic E-state index is 12.2. The molecule has 0 fully saturated rings. The van der Waals surface area contributed by atoms with E-state index in [9.17, 15) is 13.2 Å².